The summed E-state index contributed by atoms with van der Waals surface area (Å²) in [6.45, 7) is 0. The van der Waals surface area contributed by atoms with Crippen molar-refractivity contribution >= 4 is 26.9 Å². The van der Waals surface area contributed by atoms with E-state index in [2.05, 4.69) is 0 Å². The average Bonchev–Trinajstić information content (AvgIpc) is 2.03. The van der Waals surface area contributed by atoms with Gasteiger partial charge in [-0.2, -0.15) is 0 Å². The van der Waals surface area contributed by atoms with Crippen LogP contribution in [0.2, 0.25) is 0 Å². The number of carbonyl (C=O) groups is 1. The van der Waals surface area contributed by atoms with Crippen LogP contribution in [-0.4, -0.2) is 13.7 Å². The third kappa shape index (κ3) is 2.51. The second-order valence-corrected chi connectivity index (χ2v) is 4.25. The van der Waals surface area contributed by atoms with E-state index < -0.39 is 15.3 Å². The van der Waals surface area contributed by atoms with Gasteiger partial charge < -0.3 is 0 Å². The molecule has 0 aliphatic rings. The molecule has 1 rings (SSSR count). The normalized spacial score (nSPS) is 11.2. The molecule has 1 aromatic rings. The fourth-order valence-electron chi connectivity index (χ4n) is 0.795. The number of rotatable bonds is 2. The molecule has 0 atom stereocenters. The standard InChI is InChI=1S/C7H6ClNO3S/c8-7(10)5-2-1-3-6(4-5)13(9,11)12/h1-4H,(H2,9,11,12). The molecular formula is C7H6ClNO3S. The van der Waals surface area contributed by atoms with Crippen LogP contribution in [0.15, 0.2) is 29.2 Å². The summed E-state index contributed by atoms with van der Waals surface area (Å²) in [7, 11) is -3.77. The van der Waals surface area contributed by atoms with Crippen LogP contribution in [0.25, 0.3) is 0 Å². The third-order valence-electron chi connectivity index (χ3n) is 1.39. The molecule has 0 fully saturated rings. The second-order valence-electron chi connectivity index (χ2n) is 2.35. The minimum atomic E-state index is -3.77. The number of benzene rings is 1. The first kappa shape index (κ1) is 10.2. The zero-order chi connectivity index (χ0) is 10.1. The summed E-state index contributed by atoms with van der Waals surface area (Å²) in [5.74, 6) is 0. The molecule has 0 aliphatic heterocycles. The first-order valence-electron chi connectivity index (χ1n) is 3.24. The zero-order valence-corrected chi connectivity index (χ0v) is 7.97. The molecule has 2 N–H and O–H groups in total. The Hall–Kier alpha value is -0.910. The minimum Gasteiger partial charge on any atom is -0.276 e. The van der Waals surface area contributed by atoms with Crippen molar-refractivity contribution in [3.05, 3.63) is 29.8 Å². The molecule has 0 unspecified atom stereocenters. The van der Waals surface area contributed by atoms with Crippen LogP contribution >= 0.6 is 11.6 Å². The van der Waals surface area contributed by atoms with E-state index >= 15 is 0 Å². The smallest absolute Gasteiger partial charge is 0.252 e. The van der Waals surface area contributed by atoms with Crippen LogP contribution in [0.1, 0.15) is 10.4 Å². The molecule has 0 bridgehead atoms. The van der Waals surface area contributed by atoms with Crippen molar-refractivity contribution in [2.75, 3.05) is 0 Å². The van der Waals surface area contributed by atoms with Crippen LogP contribution in [0, 0.1) is 0 Å². The predicted octanol–water partition coefficient (Wildman–Crippen LogP) is 0.713. The molecule has 0 heterocycles. The Balaban J connectivity index is 3.29. The number of halogens is 1. The summed E-state index contributed by atoms with van der Waals surface area (Å²) in [6.07, 6.45) is 0. The van der Waals surface area contributed by atoms with E-state index in [4.69, 9.17) is 16.7 Å². The van der Waals surface area contributed by atoms with Crippen molar-refractivity contribution in [1.82, 2.24) is 0 Å². The molecule has 6 heteroatoms. The molecule has 13 heavy (non-hydrogen) atoms. The summed E-state index contributed by atoms with van der Waals surface area (Å²) < 4.78 is 21.7. The summed E-state index contributed by atoms with van der Waals surface area (Å²) in [5.41, 5.74) is 0.105. The zero-order valence-electron chi connectivity index (χ0n) is 6.40. The number of carbonyl (C=O) groups excluding carboxylic acids is 1. The summed E-state index contributed by atoms with van der Waals surface area (Å²) >= 11 is 5.15. The third-order valence-corrected chi connectivity index (χ3v) is 2.52. The summed E-state index contributed by atoms with van der Waals surface area (Å²) in [6, 6.07) is 5.22. The van der Waals surface area contributed by atoms with E-state index in [1.54, 1.807) is 0 Å². The van der Waals surface area contributed by atoms with Gasteiger partial charge in [0.2, 0.25) is 10.0 Å². The van der Waals surface area contributed by atoms with Gasteiger partial charge in [0.1, 0.15) is 0 Å². The molecule has 0 aromatic heterocycles. The van der Waals surface area contributed by atoms with Crippen molar-refractivity contribution < 1.29 is 13.2 Å². The maximum Gasteiger partial charge on any atom is 0.252 e. The molecule has 1 aromatic carbocycles. The van der Waals surface area contributed by atoms with Gasteiger partial charge in [0.05, 0.1) is 4.90 Å². The lowest BCUT2D eigenvalue weighted by Gasteiger charge is -1.98. The Morgan fingerprint density at radius 2 is 2.00 bits per heavy atom. The van der Waals surface area contributed by atoms with Gasteiger partial charge in [-0.05, 0) is 23.7 Å². The average molecular weight is 220 g/mol. The molecule has 0 radical (unpaired) electrons. The number of primary sulfonamides is 1. The maximum atomic E-state index is 10.8. The van der Waals surface area contributed by atoms with E-state index in [1.807, 2.05) is 0 Å². The lowest BCUT2D eigenvalue weighted by atomic mass is 10.2. The van der Waals surface area contributed by atoms with E-state index in [9.17, 15) is 13.2 Å². The van der Waals surface area contributed by atoms with E-state index in [0.717, 1.165) is 6.07 Å². The largest absolute Gasteiger partial charge is 0.276 e. The van der Waals surface area contributed by atoms with Crippen LogP contribution in [0.3, 0.4) is 0 Å². The SMILES string of the molecule is NS(=O)(=O)c1cccc(C(=O)Cl)c1. The van der Waals surface area contributed by atoms with Gasteiger partial charge in [0.15, 0.2) is 0 Å². The van der Waals surface area contributed by atoms with E-state index in [1.165, 1.54) is 18.2 Å². The van der Waals surface area contributed by atoms with E-state index in [0.29, 0.717) is 0 Å². The molecule has 4 nitrogen and oxygen atoms in total. The Kier molecular flexibility index (Phi) is 2.70. The fraction of sp³-hybridized carbons (Fsp3) is 0. The van der Waals surface area contributed by atoms with Crippen LogP contribution in [0.5, 0.6) is 0 Å². The second kappa shape index (κ2) is 3.45. The topological polar surface area (TPSA) is 77.2 Å². The van der Waals surface area contributed by atoms with Crippen LogP contribution in [0.4, 0.5) is 0 Å². The van der Waals surface area contributed by atoms with Crippen molar-refractivity contribution in [2.24, 2.45) is 5.14 Å². The van der Waals surface area contributed by atoms with Gasteiger partial charge in [0.25, 0.3) is 5.24 Å². The van der Waals surface area contributed by atoms with Gasteiger partial charge >= 0.3 is 0 Å². The molecule has 0 spiro atoms. The van der Waals surface area contributed by atoms with Crippen LogP contribution in [-0.2, 0) is 10.0 Å². The Morgan fingerprint density at radius 3 is 2.46 bits per heavy atom. The van der Waals surface area contributed by atoms with Gasteiger partial charge in [-0.3, -0.25) is 4.79 Å². The van der Waals surface area contributed by atoms with Gasteiger partial charge in [-0.1, -0.05) is 12.1 Å². The molecule has 0 saturated heterocycles. The first-order chi connectivity index (χ1) is 5.91. The monoisotopic (exact) mass is 219 g/mol. The quantitative estimate of drug-likeness (QED) is 0.745. The van der Waals surface area contributed by atoms with Crippen molar-refractivity contribution in [2.45, 2.75) is 4.90 Å². The molecule has 0 saturated carbocycles. The Labute approximate surface area is 80.4 Å². The predicted molar refractivity (Wildman–Crippen MR) is 48.0 cm³/mol. The highest BCUT2D eigenvalue weighted by molar-refractivity contribution is 7.89. The highest BCUT2D eigenvalue weighted by atomic mass is 35.5. The first-order valence-corrected chi connectivity index (χ1v) is 5.16. The van der Waals surface area contributed by atoms with Gasteiger partial charge in [-0.25, -0.2) is 13.6 Å². The Bertz CT molecular complexity index is 441. The number of hydrogen-bond acceptors (Lipinski definition) is 3. The number of hydrogen-bond donors (Lipinski definition) is 1. The summed E-state index contributed by atoms with van der Waals surface area (Å²) in [5, 5.41) is 4.13. The lowest BCUT2D eigenvalue weighted by Crippen LogP contribution is -2.12. The van der Waals surface area contributed by atoms with Crippen molar-refractivity contribution in [3.63, 3.8) is 0 Å². The highest BCUT2D eigenvalue weighted by Gasteiger charge is 2.09. The molecule has 70 valence electrons. The number of nitrogens with two attached hydrogens (primary N) is 1. The molecule has 0 amide bonds. The number of sulfonamides is 1. The van der Waals surface area contributed by atoms with Crippen molar-refractivity contribution in [1.29, 1.82) is 0 Å². The fourth-order valence-corrected chi connectivity index (χ4v) is 1.47. The molecular weight excluding hydrogens is 214 g/mol. The lowest BCUT2D eigenvalue weighted by molar-refractivity contribution is 0.108. The van der Waals surface area contributed by atoms with E-state index in [-0.39, 0.29) is 10.5 Å². The summed E-state index contributed by atoms with van der Waals surface area (Å²) in [4.78, 5) is 10.5. The van der Waals surface area contributed by atoms with Crippen molar-refractivity contribution in [3.8, 4) is 0 Å². The highest BCUT2D eigenvalue weighted by Crippen LogP contribution is 2.11. The Morgan fingerprint density at radius 1 is 1.38 bits per heavy atom. The molecule has 0 aliphatic carbocycles. The maximum absolute atomic E-state index is 10.8. The van der Waals surface area contributed by atoms with Crippen LogP contribution < -0.4 is 5.14 Å². The van der Waals surface area contributed by atoms with Gasteiger partial charge in [0, 0.05) is 5.56 Å². The minimum absolute atomic E-state index is 0.105. The van der Waals surface area contributed by atoms with Gasteiger partial charge in [-0.15, -0.1) is 0 Å².